The topological polar surface area (TPSA) is 113 Å². The number of nitrogens with one attached hydrogen (secondary N) is 3. The molecule has 1 aliphatic heterocycles. The number of imide groups is 1. The van der Waals surface area contributed by atoms with Crippen LogP contribution in [0.2, 0.25) is 0 Å². The van der Waals surface area contributed by atoms with Gasteiger partial charge in [0.15, 0.2) is 5.65 Å². The van der Waals surface area contributed by atoms with E-state index in [1.165, 1.54) is 0 Å². The Morgan fingerprint density at radius 1 is 1.14 bits per heavy atom. The molecule has 2 aliphatic rings. The first-order chi connectivity index (χ1) is 13.7. The molecule has 2 fully saturated rings. The molecule has 0 radical (unpaired) electrons. The standard InChI is InChI=1S/C19H17N7O2/c27-15-9-11(17(28)23-15)8-12-10-20-26-16(12)24-18(21-14-6-7-14)25-19(26)22-13-4-2-1-3-5-13/h1-5,8,10,14H,6-7,9H2,(H,23,27,28)(H2,21,22,24,25)/b11-8+. The van der Waals surface area contributed by atoms with Crippen molar-refractivity contribution in [2.24, 2.45) is 0 Å². The number of rotatable bonds is 5. The van der Waals surface area contributed by atoms with Gasteiger partial charge in [-0.15, -0.1) is 0 Å². The average molecular weight is 375 g/mol. The first kappa shape index (κ1) is 16.4. The number of nitrogens with zero attached hydrogens (tertiary/aromatic N) is 4. The summed E-state index contributed by atoms with van der Waals surface area (Å²) in [6, 6.07) is 10.0. The van der Waals surface area contributed by atoms with E-state index >= 15 is 0 Å². The normalized spacial score (nSPS) is 17.9. The molecule has 1 aromatic carbocycles. The van der Waals surface area contributed by atoms with Gasteiger partial charge in [0, 0.05) is 22.9 Å². The van der Waals surface area contributed by atoms with Crippen molar-refractivity contribution in [2.75, 3.05) is 10.6 Å². The maximum atomic E-state index is 11.9. The number of carbonyl (C=O) groups is 2. The van der Waals surface area contributed by atoms with Crippen LogP contribution in [0.4, 0.5) is 17.6 Å². The van der Waals surface area contributed by atoms with Crippen LogP contribution >= 0.6 is 0 Å². The zero-order valence-corrected chi connectivity index (χ0v) is 14.8. The van der Waals surface area contributed by atoms with Gasteiger partial charge in [-0.25, -0.2) is 0 Å². The van der Waals surface area contributed by atoms with Gasteiger partial charge in [0.25, 0.3) is 5.91 Å². The van der Waals surface area contributed by atoms with Gasteiger partial charge < -0.3 is 10.6 Å². The Balaban J connectivity index is 1.59. The predicted molar refractivity (Wildman–Crippen MR) is 103 cm³/mol. The van der Waals surface area contributed by atoms with Gasteiger partial charge in [-0.3, -0.25) is 14.9 Å². The van der Waals surface area contributed by atoms with Crippen LogP contribution in [0.15, 0.2) is 42.1 Å². The van der Waals surface area contributed by atoms with Crippen molar-refractivity contribution in [3.05, 3.63) is 47.7 Å². The van der Waals surface area contributed by atoms with E-state index in [-0.39, 0.29) is 18.2 Å². The lowest BCUT2D eigenvalue weighted by molar-refractivity contribution is -0.124. The van der Waals surface area contributed by atoms with E-state index < -0.39 is 0 Å². The van der Waals surface area contributed by atoms with Crippen LogP contribution in [0.1, 0.15) is 24.8 Å². The van der Waals surface area contributed by atoms with E-state index in [4.69, 9.17) is 0 Å². The van der Waals surface area contributed by atoms with Gasteiger partial charge >= 0.3 is 0 Å². The van der Waals surface area contributed by atoms with Crippen LogP contribution in [0.25, 0.3) is 11.7 Å². The minimum Gasteiger partial charge on any atom is -0.351 e. The van der Waals surface area contributed by atoms with Gasteiger partial charge in [0.1, 0.15) is 0 Å². The number of carbonyl (C=O) groups excluding carboxylic acids is 2. The molecule has 140 valence electrons. The Morgan fingerprint density at radius 2 is 1.96 bits per heavy atom. The van der Waals surface area contributed by atoms with Gasteiger partial charge in [0.05, 0.1) is 12.6 Å². The third-order valence-electron chi connectivity index (χ3n) is 4.56. The lowest BCUT2D eigenvalue weighted by Crippen LogP contribution is -2.19. The quantitative estimate of drug-likeness (QED) is 0.461. The number of benzene rings is 1. The minimum atomic E-state index is -0.377. The lowest BCUT2D eigenvalue weighted by atomic mass is 10.1. The summed E-state index contributed by atoms with van der Waals surface area (Å²) in [5.74, 6) is 0.332. The second-order valence-corrected chi connectivity index (χ2v) is 6.84. The molecule has 1 aliphatic carbocycles. The molecule has 1 saturated heterocycles. The van der Waals surface area contributed by atoms with Crippen molar-refractivity contribution in [3.63, 3.8) is 0 Å². The number of aromatic nitrogens is 4. The van der Waals surface area contributed by atoms with Gasteiger partial charge in [-0.2, -0.15) is 19.6 Å². The highest BCUT2D eigenvalue weighted by molar-refractivity contribution is 6.15. The molecule has 0 unspecified atom stereocenters. The van der Waals surface area contributed by atoms with E-state index in [0.29, 0.717) is 34.7 Å². The van der Waals surface area contributed by atoms with Gasteiger partial charge in [0.2, 0.25) is 17.8 Å². The van der Waals surface area contributed by atoms with Crippen molar-refractivity contribution in [1.82, 2.24) is 24.9 Å². The Hall–Kier alpha value is -3.75. The fraction of sp³-hybridized carbons (Fsp3) is 0.211. The van der Waals surface area contributed by atoms with Crippen molar-refractivity contribution >= 4 is 41.1 Å². The Kier molecular flexibility index (Phi) is 3.78. The molecular formula is C19H17N7O2. The van der Waals surface area contributed by atoms with Crippen molar-refractivity contribution in [1.29, 1.82) is 0 Å². The van der Waals surface area contributed by atoms with E-state index in [0.717, 1.165) is 18.5 Å². The van der Waals surface area contributed by atoms with Crippen LogP contribution in [0.5, 0.6) is 0 Å². The summed E-state index contributed by atoms with van der Waals surface area (Å²) in [4.78, 5) is 32.5. The Bertz CT molecular complexity index is 1120. The molecular weight excluding hydrogens is 358 g/mol. The van der Waals surface area contributed by atoms with Crippen molar-refractivity contribution in [2.45, 2.75) is 25.3 Å². The third-order valence-corrected chi connectivity index (χ3v) is 4.56. The van der Waals surface area contributed by atoms with Crippen LogP contribution < -0.4 is 16.0 Å². The zero-order chi connectivity index (χ0) is 19.1. The Labute approximate surface area is 159 Å². The van der Waals surface area contributed by atoms with E-state index in [1.807, 2.05) is 30.3 Å². The Morgan fingerprint density at radius 3 is 2.68 bits per heavy atom. The maximum absolute atomic E-state index is 11.9. The van der Waals surface area contributed by atoms with Crippen molar-refractivity contribution in [3.8, 4) is 0 Å². The number of amides is 2. The second-order valence-electron chi connectivity index (χ2n) is 6.84. The molecule has 0 spiro atoms. The molecule has 2 amide bonds. The highest BCUT2D eigenvalue weighted by Crippen LogP contribution is 2.26. The fourth-order valence-corrected chi connectivity index (χ4v) is 3.01. The molecule has 1 saturated carbocycles. The van der Waals surface area contributed by atoms with Crippen LogP contribution in [0, 0.1) is 0 Å². The SMILES string of the molecule is O=C1C/C(=C\c2cnn3c(Nc4ccccc4)nc(NC4CC4)nc23)C(=O)N1. The molecule has 3 heterocycles. The number of hydrogen-bond acceptors (Lipinski definition) is 7. The summed E-state index contributed by atoms with van der Waals surface area (Å²) in [5.41, 5.74) is 2.47. The maximum Gasteiger partial charge on any atom is 0.254 e. The summed E-state index contributed by atoms with van der Waals surface area (Å²) in [6.45, 7) is 0. The first-order valence-corrected chi connectivity index (χ1v) is 9.05. The molecule has 9 heteroatoms. The summed E-state index contributed by atoms with van der Waals surface area (Å²) in [7, 11) is 0. The average Bonchev–Trinajstić information content (AvgIpc) is 3.31. The lowest BCUT2D eigenvalue weighted by Gasteiger charge is -2.10. The third kappa shape index (κ3) is 3.18. The number of fused-ring (bicyclic) bond motifs is 1. The largest absolute Gasteiger partial charge is 0.351 e. The highest BCUT2D eigenvalue weighted by atomic mass is 16.2. The number of para-hydroxylation sites is 1. The minimum absolute atomic E-state index is 0.0591. The molecule has 0 bridgehead atoms. The summed E-state index contributed by atoms with van der Waals surface area (Å²) >= 11 is 0. The van der Waals surface area contributed by atoms with Crippen molar-refractivity contribution < 1.29 is 9.59 Å². The first-order valence-electron chi connectivity index (χ1n) is 9.05. The summed E-state index contributed by atoms with van der Waals surface area (Å²) in [5, 5.41) is 13.2. The molecule has 3 N–H and O–H groups in total. The smallest absolute Gasteiger partial charge is 0.254 e. The predicted octanol–water partition coefficient (Wildman–Crippen LogP) is 1.87. The van der Waals surface area contributed by atoms with E-state index in [1.54, 1.807) is 16.8 Å². The number of hydrogen-bond donors (Lipinski definition) is 3. The summed E-state index contributed by atoms with van der Waals surface area (Å²) < 4.78 is 1.59. The second kappa shape index (κ2) is 6.45. The fourth-order valence-electron chi connectivity index (χ4n) is 3.01. The van der Waals surface area contributed by atoms with E-state index in [2.05, 4.69) is 31.0 Å². The van der Waals surface area contributed by atoms with Crippen LogP contribution in [0.3, 0.4) is 0 Å². The molecule has 0 atom stereocenters. The van der Waals surface area contributed by atoms with Gasteiger partial charge in [-0.1, -0.05) is 18.2 Å². The van der Waals surface area contributed by atoms with Crippen LogP contribution in [-0.2, 0) is 9.59 Å². The summed E-state index contributed by atoms with van der Waals surface area (Å²) in [6.07, 6.45) is 5.51. The zero-order valence-electron chi connectivity index (χ0n) is 14.8. The van der Waals surface area contributed by atoms with Gasteiger partial charge in [-0.05, 0) is 31.1 Å². The van der Waals surface area contributed by atoms with E-state index in [9.17, 15) is 9.59 Å². The molecule has 9 nitrogen and oxygen atoms in total. The molecule has 2 aromatic heterocycles. The highest BCUT2D eigenvalue weighted by Gasteiger charge is 2.25. The van der Waals surface area contributed by atoms with Crippen LogP contribution in [-0.4, -0.2) is 37.4 Å². The molecule has 3 aromatic rings. The monoisotopic (exact) mass is 375 g/mol. The molecule has 28 heavy (non-hydrogen) atoms. The molecule has 5 rings (SSSR count). The number of anilines is 3.